The number of hydrogen-bond acceptors (Lipinski definition) is 6. The predicted molar refractivity (Wildman–Crippen MR) is 234 cm³/mol. The number of nitrogens with zero attached hydrogens (tertiary/aromatic N) is 1. The fourth-order valence-electron chi connectivity index (χ4n) is 11.7. The number of allylic oxidation sites excluding steroid dienone is 1. The smallest absolute Gasteiger partial charge is 0.306 e. The lowest BCUT2D eigenvalue weighted by atomic mass is 9.47. The average molecular weight is 823 g/mol. The van der Waals surface area contributed by atoms with Crippen molar-refractivity contribution in [3.8, 4) is 0 Å². The lowest BCUT2D eigenvalue weighted by molar-refractivity contribution is -0.151. The number of carbonyl (C=O) groups excluding carboxylic acids is 2. The third-order valence-corrected chi connectivity index (χ3v) is 14.9. The number of carbonyl (C=O) groups is 2. The van der Waals surface area contributed by atoms with E-state index in [1.807, 2.05) is 4.90 Å². The van der Waals surface area contributed by atoms with Crippen molar-refractivity contribution in [3.05, 3.63) is 11.6 Å². The molecule has 1 amide bonds. The van der Waals surface area contributed by atoms with Crippen molar-refractivity contribution in [2.24, 2.45) is 63.7 Å². The summed E-state index contributed by atoms with van der Waals surface area (Å²) in [6, 6.07) is 0. The average Bonchev–Trinajstić information content (AvgIpc) is 3.46. The van der Waals surface area contributed by atoms with Crippen molar-refractivity contribution in [1.82, 2.24) is 10.2 Å². The molecular formula is C44H83Cl3N4O3. The fraction of sp³-hybridized carbons (Fsp3) is 0.909. The zero-order chi connectivity index (χ0) is 37.0. The Labute approximate surface area is 350 Å². The monoisotopic (exact) mass is 821 g/mol. The van der Waals surface area contributed by atoms with Crippen LogP contribution < -0.4 is 16.8 Å². The second kappa shape index (κ2) is 25.0. The van der Waals surface area contributed by atoms with Crippen LogP contribution in [0.5, 0.6) is 0 Å². The number of rotatable bonds is 22. The minimum Gasteiger partial charge on any atom is -0.462 e. The molecule has 7 nitrogen and oxygen atoms in total. The van der Waals surface area contributed by atoms with Gasteiger partial charge in [-0.05, 0) is 162 Å². The number of amides is 1. The lowest BCUT2D eigenvalue weighted by Gasteiger charge is -2.58. The van der Waals surface area contributed by atoms with Gasteiger partial charge < -0.3 is 26.4 Å². The van der Waals surface area contributed by atoms with Crippen LogP contribution in [0.2, 0.25) is 0 Å². The molecular weight excluding hydrogens is 739 g/mol. The normalized spacial score (nSPS) is 29.6. The molecule has 4 rings (SSSR count). The van der Waals surface area contributed by atoms with E-state index in [-0.39, 0.29) is 60.6 Å². The summed E-state index contributed by atoms with van der Waals surface area (Å²) in [6.07, 6.45) is 21.6. The number of fused-ring (bicyclic) bond motifs is 5. The molecule has 10 heteroatoms. The molecule has 0 saturated heterocycles. The molecule has 3 saturated carbocycles. The van der Waals surface area contributed by atoms with E-state index in [2.05, 4.69) is 52.9 Å². The van der Waals surface area contributed by atoms with Crippen LogP contribution in [-0.4, -0.2) is 62.1 Å². The van der Waals surface area contributed by atoms with Gasteiger partial charge in [-0.2, -0.15) is 0 Å². The van der Waals surface area contributed by atoms with E-state index >= 15 is 0 Å². The van der Waals surface area contributed by atoms with Gasteiger partial charge in [0.25, 0.3) is 0 Å². The first kappa shape index (κ1) is 51.4. The number of nitrogens with two attached hydrogens (primary N) is 2. The van der Waals surface area contributed by atoms with Crippen LogP contribution in [-0.2, 0) is 14.3 Å². The molecule has 0 aromatic carbocycles. The van der Waals surface area contributed by atoms with Gasteiger partial charge in [0.15, 0.2) is 0 Å². The molecule has 7 unspecified atom stereocenters. The van der Waals surface area contributed by atoms with E-state index in [0.717, 1.165) is 106 Å². The van der Waals surface area contributed by atoms with Gasteiger partial charge in [-0.3, -0.25) is 9.59 Å². The SMILES string of the molecule is CC[C@H](CC[C@@H](C)C1CCC2C3CC=C4CC(OC(=O)CCCC(=O)N(CCCN)CCCCNCCCN)CCC4(C)C3CCC21C)C(C)C.Cl.Cl.Cl. The zero-order valence-electron chi connectivity index (χ0n) is 35.2. The number of hydrogen-bond donors (Lipinski definition) is 3. The van der Waals surface area contributed by atoms with Crippen molar-refractivity contribution in [3.63, 3.8) is 0 Å². The maximum Gasteiger partial charge on any atom is 0.306 e. The molecule has 0 radical (unpaired) electrons. The molecule has 0 heterocycles. The second-order valence-corrected chi connectivity index (χ2v) is 18.3. The van der Waals surface area contributed by atoms with Gasteiger partial charge in [0.1, 0.15) is 6.10 Å². The van der Waals surface area contributed by atoms with E-state index in [0.29, 0.717) is 44.3 Å². The molecule has 4 aliphatic carbocycles. The summed E-state index contributed by atoms with van der Waals surface area (Å²) < 4.78 is 6.10. The quantitative estimate of drug-likeness (QED) is 0.0570. The third kappa shape index (κ3) is 13.2. The van der Waals surface area contributed by atoms with Gasteiger partial charge in [-0.15, -0.1) is 37.2 Å². The van der Waals surface area contributed by atoms with Crippen molar-refractivity contribution >= 4 is 49.1 Å². The van der Waals surface area contributed by atoms with Crippen molar-refractivity contribution in [2.75, 3.05) is 39.3 Å². The van der Waals surface area contributed by atoms with E-state index in [1.165, 1.54) is 51.4 Å². The molecule has 0 aromatic rings. The molecule has 0 aromatic heterocycles. The van der Waals surface area contributed by atoms with Crippen molar-refractivity contribution < 1.29 is 14.3 Å². The summed E-state index contributed by atoms with van der Waals surface area (Å²) in [5.41, 5.74) is 13.6. The maximum absolute atomic E-state index is 13.1. The van der Waals surface area contributed by atoms with Gasteiger partial charge in [-0.1, -0.05) is 66.0 Å². The van der Waals surface area contributed by atoms with Crippen LogP contribution >= 0.6 is 37.2 Å². The highest BCUT2D eigenvalue weighted by Gasteiger charge is 2.59. The Bertz CT molecular complexity index is 1130. The standard InChI is InChI=1S/C44H80N4O3.3ClH/c1-7-34(32(2)3)16-15-33(4)38-19-20-39-37-18-17-35-31-36(21-23-43(35,5)40(37)22-24-44(38,39)6)51-42(50)14-10-13-41(49)48(30-12-26-46)29-9-8-27-47-28-11-25-45;;;/h17,32-34,36-40,47H,7-16,18-31,45-46H2,1-6H3;3*1H/t33-,34-,36?,37?,38?,39?,40?,43?,44?;;;/m1.../s1. The third-order valence-electron chi connectivity index (χ3n) is 14.9. The van der Waals surface area contributed by atoms with Gasteiger partial charge in [-0.25, -0.2) is 0 Å². The number of ether oxygens (including phenoxy) is 1. The molecule has 9 atom stereocenters. The number of halogens is 3. The van der Waals surface area contributed by atoms with Crippen LogP contribution in [0, 0.1) is 52.3 Å². The second-order valence-electron chi connectivity index (χ2n) is 18.3. The van der Waals surface area contributed by atoms with Gasteiger partial charge in [0.2, 0.25) is 5.91 Å². The number of esters is 1. The Kier molecular flexibility index (Phi) is 23.9. The molecule has 54 heavy (non-hydrogen) atoms. The molecule has 318 valence electrons. The largest absolute Gasteiger partial charge is 0.462 e. The van der Waals surface area contributed by atoms with E-state index in [9.17, 15) is 9.59 Å². The molecule has 4 aliphatic rings. The van der Waals surface area contributed by atoms with Crippen molar-refractivity contribution in [1.29, 1.82) is 0 Å². The van der Waals surface area contributed by atoms with E-state index in [4.69, 9.17) is 16.2 Å². The highest BCUT2D eigenvalue weighted by Crippen LogP contribution is 2.67. The highest BCUT2D eigenvalue weighted by atomic mass is 35.5. The summed E-state index contributed by atoms with van der Waals surface area (Å²) in [5.74, 6) is 5.81. The zero-order valence-corrected chi connectivity index (χ0v) is 37.7. The lowest BCUT2D eigenvalue weighted by Crippen LogP contribution is -2.51. The molecule has 0 spiro atoms. The van der Waals surface area contributed by atoms with Crippen LogP contribution in [0.25, 0.3) is 0 Å². The minimum absolute atomic E-state index is 0. The van der Waals surface area contributed by atoms with Crippen molar-refractivity contribution in [2.45, 2.75) is 163 Å². The van der Waals surface area contributed by atoms with Crippen LogP contribution in [0.4, 0.5) is 0 Å². The maximum atomic E-state index is 13.1. The number of nitrogens with one attached hydrogen (secondary N) is 1. The highest BCUT2D eigenvalue weighted by molar-refractivity contribution is 5.86. The fourth-order valence-corrected chi connectivity index (χ4v) is 11.7. The Morgan fingerprint density at radius 1 is 0.870 bits per heavy atom. The summed E-state index contributed by atoms with van der Waals surface area (Å²) >= 11 is 0. The molecule has 0 bridgehead atoms. The van der Waals surface area contributed by atoms with Crippen LogP contribution in [0.15, 0.2) is 11.6 Å². The minimum atomic E-state index is -0.138. The predicted octanol–water partition coefficient (Wildman–Crippen LogP) is 9.91. The molecule has 0 aliphatic heterocycles. The first-order valence-corrected chi connectivity index (χ1v) is 21.8. The van der Waals surface area contributed by atoms with E-state index < -0.39 is 0 Å². The summed E-state index contributed by atoms with van der Waals surface area (Å²) in [5, 5.41) is 3.41. The van der Waals surface area contributed by atoms with Gasteiger partial charge in [0, 0.05) is 32.4 Å². The summed E-state index contributed by atoms with van der Waals surface area (Å²) in [4.78, 5) is 28.0. The Morgan fingerprint density at radius 2 is 1.57 bits per heavy atom. The molecule has 3 fully saturated rings. The first-order valence-electron chi connectivity index (χ1n) is 21.8. The Morgan fingerprint density at radius 3 is 2.26 bits per heavy atom. The van der Waals surface area contributed by atoms with Crippen LogP contribution in [0.1, 0.15) is 157 Å². The topological polar surface area (TPSA) is 111 Å². The van der Waals surface area contributed by atoms with E-state index in [1.54, 1.807) is 5.57 Å². The van der Waals surface area contributed by atoms with Gasteiger partial charge in [0.05, 0.1) is 0 Å². The Hall–Kier alpha value is -0.570. The number of unbranched alkanes of at least 4 members (excludes halogenated alkanes) is 1. The summed E-state index contributed by atoms with van der Waals surface area (Å²) in [7, 11) is 0. The van der Waals surface area contributed by atoms with Gasteiger partial charge >= 0.3 is 5.97 Å². The molecule has 5 N–H and O–H groups in total. The first-order chi connectivity index (χ1) is 24.5. The van der Waals surface area contributed by atoms with Crippen LogP contribution in [0.3, 0.4) is 0 Å². The summed E-state index contributed by atoms with van der Waals surface area (Å²) in [6.45, 7) is 19.6. The Balaban J connectivity index is 0.00000486.